The summed E-state index contributed by atoms with van der Waals surface area (Å²) in [6, 6.07) is 11.0. The third-order valence-electron chi connectivity index (χ3n) is 5.70. The van der Waals surface area contributed by atoms with Crippen molar-refractivity contribution >= 4 is 10.1 Å². The summed E-state index contributed by atoms with van der Waals surface area (Å²) in [4.78, 5) is -0.509. The maximum atomic E-state index is 12.2. The number of ether oxygens (including phenoxy) is 1. The second-order valence-corrected chi connectivity index (χ2v) is 9.80. The zero-order valence-corrected chi connectivity index (χ0v) is 24.2. The normalized spacial score (nSPS) is 11.2. The summed E-state index contributed by atoms with van der Waals surface area (Å²) in [5.41, 5.74) is 0.920. The topological polar surface area (TPSA) is 86.7 Å². The van der Waals surface area contributed by atoms with Crippen LogP contribution < -0.4 is 61.2 Å². The summed E-state index contributed by atoms with van der Waals surface area (Å²) in [6.45, 7) is 2.25. The summed E-state index contributed by atoms with van der Waals surface area (Å²) in [5.74, 6) is -0.499. The molecule has 0 unspecified atom stereocenters. The Morgan fingerprint density at radius 2 is 1.33 bits per heavy atom. The van der Waals surface area contributed by atoms with Gasteiger partial charge in [-0.3, -0.25) is 4.55 Å². The quantitative estimate of drug-likeness (QED) is 0.213. The van der Waals surface area contributed by atoms with Gasteiger partial charge in [-0.05, 0) is 30.5 Å². The minimum atomic E-state index is -4.55. The van der Waals surface area contributed by atoms with E-state index in [9.17, 15) is 18.1 Å². The zero-order chi connectivity index (χ0) is 23.2. The molecular formula is C26H37KO5S. The van der Waals surface area contributed by atoms with Crippen LogP contribution in [0.5, 0.6) is 17.2 Å². The largest absolute Gasteiger partial charge is 1.00 e. The van der Waals surface area contributed by atoms with Crippen molar-refractivity contribution < 1.29 is 74.2 Å². The zero-order valence-electron chi connectivity index (χ0n) is 20.2. The Balaban J connectivity index is 0.00000544. The molecule has 0 saturated heterocycles. The van der Waals surface area contributed by atoms with E-state index in [1.54, 1.807) is 12.1 Å². The van der Waals surface area contributed by atoms with Crippen LogP contribution in [0, 0.1) is 0 Å². The fraction of sp³-hybridized carbons (Fsp3) is 0.538. The molecule has 0 aliphatic heterocycles. The molecule has 0 heterocycles. The smallest absolute Gasteiger partial charge is 0.870 e. The van der Waals surface area contributed by atoms with Crippen LogP contribution in [0.15, 0.2) is 47.4 Å². The van der Waals surface area contributed by atoms with Gasteiger partial charge in [-0.15, -0.1) is 0 Å². The molecule has 2 aromatic rings. The van der Waals surface area contributed by atoms with Gasteiger partial charge >= 0.3 is 51.4 Å². The molecule has 0 amide bonds. The van der Waals surface area contributed by atoms with Crippen molar-refractivity contribution in [2.24, 2.45) is 0 Å². The van der Waals surface area contributed by atoms with Crippen molar-refractivity contribution in [3.8, 4) is 17.2 Å². The van der Waals surface area contributed by atoms with E-state index in [4.69, 9.17) is 4.74 Å². The minimum absolute atomic E-state index is 0. The first kappa shape index (κ1) is 30.6. The summed E-state index contributed by atoms with van der Waals surface area (Å²) in [6.07, 6.45) is 16.1. The predicted molar refractivity (Wildman–Crippen MR) is 127 cm³/mol. The monoisotopic (exact) mass is 500 g/mol. The molecule has 0 saturated carbocycles. The van der Waals surface area contributed by atoms with Crippen LogP contribution in [0.3, 0.4) is 0 Å². The fourth-order valence-corrected chi connectivity index (χ4v) is 4.50. The molecule has 0 aromatic heterocycles. The first-order chi connectivity index (χ1) is 15.4. The Morgan fingerprint density at radius 3 is 1.91 bits per heavy atom. The first-order valence-electron chi connectivity index (χ1n) is 12.0. The van der Waals surface area contributed by atoms with Gasteiger partial charge < -0.3 is 9.84 Å². The summed E-state index contributed by atoms with van der Waals surface area (Å²) in [7, 11) is -4.55. The van der Waals surface area contributed by atoms with Crippen molar-refractivity contribution in [3.05, 3.63) is 48.0 Å². The minimum Gasteiger partial charge on any atom is -0.870 e. The average molecular weight is 501 g/mol. The summed E-state index contributed by atoms with van der Waals surface area (Å²) < 4.78 is 38.4. The predicted octanol–water partition coefficient (Wildman–Crippen LogP) is 4.05. The van der Waals surface area contributed by atoms with E-state index >= 15 is 0 Å². The van der Waals surface area contributed by atoms with Crippen molar-refractivity contribution in [2.75, 3.05) is 0 Å². The number of benzene rings is 2. The van der Waals surface area contributed by atoms with Crippen molar-refractivity contribution in [1.82, 2.24) is 0 Å². The maximum Gasteiger partial charge on any atom is 1.00 e. The van der Waals surface area contributed by atoms with E-state index in [0.717, 1.165) is 24.8 Å². The molecule has 5 nitrogen and oxygen atoms in total. The SMILES string of the molecule is CCCCCCCCCCCCCCc1ccccc1Oc1c([O-])cccc1S(=O)(=O)O.[K+]. The Morgan fingerprint density at radius 1 is 0.788 bits per heavy atom. The van der Waals surface area contributed by atoms with Crippen LogP contribution in [-0.4, -0.2) is 13.0 Å². The van der Waals surface area contributed by atoms with Crippen LogP contribution in [0.25, 0.3) is 0 Å². The van der Waals surface area contributed by atoms with Gasteiger partial charge in [0.25, 0.3) is 10.1 Å². The van der Waals surface area contributed by atoms with Crippen molar-refractivity contribution in [2.45, 2.75) is 95.3 Å². The summed E-state index contributed by atoms with van der Waals surface area (Å²) in [5, 5.41) is 12.2. The van der Waals surface area contributed by atoms with Crippen molar-refractivity contribution in [1.29, 1.82) is 0 Å². The van der Waals surface area contributed by atoms with E-state index < -0.39 is 20.8 Å². The van der Waals surface area contributed by atoms with E-state index in [1.165, 1.54) is 82.4 Å². The molecule has 178 valence electrons. The van der Waals surface area contributed by atoms with Crippen LogP contribution in [0.4, 0.5) is 0 Å². The van der Waals surface area contributed by atoms with Gasteiger partial charge in [0.15, 0.2) is 0 Å². The van der Waals surface area contributed by atoms with Crippen LogP contribution >= 0.6 is 0 Å². The maximum absolute atomic E-state index is 12.2. The standard InChI is InChI=1S/C26H38O5S.K/c1-2-3-4-5-6-7-8-9-10-11-12-13-17-22-18-14-15-20-24(22)31-26-23(27)19-16-21-25(26)32(28,29)30;/h14-16,18-21,27H,2-13,17H2,1H3,(H,28,29,30);/q;+1/p-1. The number of aryl methyl sites for hydroxylation is 1. The van der Waals surface area contributed by atoms with Gasteiger partial charge in [0.2, 0.25) is 0 Å². The molecule has 0 aliphatic carbocycles. The fourth-order valence-electron chi connectivity index (χ4n) is 3.88. The molecule has 0 fully saturated rings. The number of hydrogen-bond donors (Lipinski definition) is 1. The molecule has 0 bridgehead atoms. The van der Waals surface area contributed by atoms with Crippen LogP contribution in [0.1, 0.15) is 89.5 Å². The van der Waals surface area contributed by atoms with Gasteiger partial charge in [-0.25, -0.2) is 0 Å². The number of para-hydroxylation sites is 2. The Kier molecular flexibility index (Phi) is 15.9. The second kappa shape index (κ2) is 17.1. The van der Waals surface area contributed by atoms with E-state index in [1.807, 2.05) is 12.1 Å². The third kappa shape index (κ3) is 11.7. The first-order valence-corrected chi connectivity index (χ1v) is 13.4. The molecule has 0 radical (unpaired) electrons. The Bertz CT molecular complexity index is 915. The van der Waals surface area contributed by atoms with Gasteiger partial charge in [-0.2, -0.15) is 8.42 Å². The molecular weight excluding hydrogens is 463 g/mol. The third-order valence-corrected chi connectivity index (χ3v) is 6.58. The van der Waals surface area contributed by atoms with E-state index in [0.29, 0.717) is 5.75 Å². The number of unbranched alkanes of at least 4 members (excludes halogenated alkanes) is 11. The van der Waals surface area contributed by atoms with Crippen LogP contribution in [-0.2, 0) is 16.5 Å². The number of hydrogen-bond acceptors (Lipinski definition) is 4. The molecule has 2 aromatic carbocycles. The van der Waals surface area contributed by atoms with E-state index in [2.05, 4.69) is 6.92 Å². The Hall–Kier alpha value is -0.414. The Labute approximate surface area is 242 Å². The molecule has 33 heavy (non-hydrogen) atoms. The van der Waals surface area contributed by atoms with Crippen molar-refractivity contribution in [3.63, 3.8) is 0 Å². The second-order valence-electron chi connectivity index (χ2n) is 8.41. The molecule has 2 rings (SSSR count). The van der Waals surface area contributed by atoms with Crippen LogP contribution in [0.2, 0.25) is 0 Å². The average Bonchev–Trinajstić information content (AvgIpc) is 2.76. The molecule has 0 spiro atoms. The van der Waals surface area contributed by atoms with Gasteiger partial charge in [-0.1, -0.05) is 114 Å². The van der Waals surface area contributed by atoms with Gasteiger partial charge in [0.1, 0.15) is 16.4 Å². The van der Waals surface area contributed by atoms with Gasteiger partial charge in [0, 0.05) is 0 Å². The number of rotatable bonds is 16. The molecule has 0 aliphatic rings. The molecule has 0 atom stereocenters. The van der Waals surface area contributed by atoms with Gasteiger partial charge in [0.05, 0.1) is 0 Å². The van der Waals surface area contributed by atoms with E-state index in [-0.39, 0.29) is 57.1 Å². The molecule has 7 heteroatoms. The summed E-state index contributed by atoms with van der Waals surface area (Å²) >= 11 is 0. The molecule has 1 N–H and O–H groups in total.